The average Bonchev–Trinajstić information content (AvgIpc) is 2.85. The summed E-state index contributed by atoms with van der Waals surface area (Å²) in [6.07, 6.45) is 0.527. The number of hydrogen-bond donors (Lipinski definition) is 0. The highest BCUT2D eigenvalue weighted by Gasteiger charge is 2.24. The smallest absolute Gasteiger partial charge is 0.262 e. The first-order valence-corrected chi connectivity index (χ1v) is 9.56. The number of hydrogen-bond acceptors (Lipinski definition) is 4. The van der Waals surface area contributed by atoms with Crippen LogP contribution in [0.1, 0.15) is 42.6 Å². The predicted octanol–water partition coefficient (Wildman–Crippen LogP) is 4.28. The molecule has 0 aliphatic rings. The minimum Gasteiger partial charge on any atom is -0.297 e. The molecule has 3 rings (SSSR count). The van der Waals surface area contributed by atoms with Crippen molar-refractivity contribution in [3.05, 3.63) is 62.5 Å². The van der Waals surface area contributed by atoms with E-state index in [1.54, 1.807) is 15.9 Å². The molecule has 0 atom stereocenters. The number of ketones is 1. The monoisotopic (exact) mass is 368 g/mol. The Morgan fingerprint density at radius 2 is 1.81 bits per heavy atom. The van der Waals surface area contributed by atoms with Gasteiger partial charge in [0.05, 0.1) is 11.9 Å². The minimum absolute atomic E-state index is 0.0275. The molecule has 0 saturated heterocycles. The zero-order valence-corrected chi connectivity index (χ0v) is 16.7. The van der Waals surface area contributed by atoms with Gasteiger partial charge in [0.2, 0.25) is 0 Å². The number of benzene rings is 1. The number of aromatic nitrogens is 2. The standard InChI is InChI=1S/C21H24N2O2S/c1-13-14(2)26-19-18(13)20(25)23(12-16(24)21(3,4)5)17(22-19)11-15-9-7-6-8-10-15/h6-10H,11-12H2,1-5H3. The fourth-order valence-corrected chi connectivity index (χ4v) is 3.87. The second-order valence-electron chi connectivity index (χ2n) is 7.72. The van der Waals surface area contributed by atoms with Crippen LogP contribution < -0.4 is 5.56 Å². The number of Topliss-reactive ketones (excluding diaryl/α,β-unsaturated/α-hetero) is 1. The molecule has 3 aromatic rings. The van der Waals surface area contributed by atoms with E-state index in [9.17, 15) is 9.59 Å². The van der Waals surface area contributed by atoms with Crippen molar-refractivity contribution < 1.29 is 4.79 Å². The van der Waals surface area contributed by atoms with E-state index < -0.39 is 5.41 Å². The van der Waals surface area contributed by atoms with Gasteiger partial charge in [-0.1, -0.05) is 51.1 Å². The zero-order valence-electron chi connectivity index (χ0n) is 15.9. The van der Waals surface area contributed by atoms with Crippen LogP contribution >= 0.6 is 11.3 Å². The lowest BCUT2D eigenvalue weighted by Crippen LogP contribution is -2.33. The summed E-state index contributed by atoms with van der Waals surface area (Å²) in [5, 5.41) is 0.644. The maximum Gasteiger partial charge on any atom is 0.262 e. The van der Waals surface area contributed by atoms with Gasteiger partial charge in [0, 0.05) is 16.7 Å². The summed E-state index contributed by atoms with van der Waals surface area (Å²) >= 11 is 1.54. The fourth-order valence-electron chi connectivity index (χ4n) is 2.83. The van der Waals surface area contributed by atoms with Gasteiger partial charge in [-0.05, 0) is 25.0 Å². The largest absolute Gasteiger partial charge is 0.297 e. The van der Waals surface area contributed by atoms with Crippen LogP contribution in [0.25, 0.3) is 10.2 Å². The van der Waals surface area contributed by atoms with Crippen molar-refractivity contribution >= 4 is 27.3 Å². The van der Waals surface area contributed by atoms with Crippen LogP contribution in [0.3, 0.4) is 0 Å². The van der Waals surface area contributed by atoms with E-state index in [0.717, 1.165) is 20.8 Å². The molecule has 2 aromatic heterocycles. The summed E-state index contributed by atoms with van der Waals surface area (Å²) < 4.78 is 1.57. The predicted molar refractivity (Wildman–Crippen MR) is 107 cm³/mol. The summed E-state index contributed by atoms with van der Waals surface area (Å²) in [4.78, 5) is 32.5. The lowest BCUT2D eigenvalue weighted by atomic mass is 9.91. The SMILES string of the molecule is Cc1sc2nc(Cc3ccccc3)n(CC(=O)C(C)(C)C)c(=O)c2c1C. The van der Waals surface area contributed by atoms with Gasteiger partial charge in [-0.3, -0.25) is 14.2 Å². The van der Waals surface area contributed by atoms with E-state index in [1.807, 2.05) is 65.0 Å². The lowest BCUT2D eigenvalue weighted by molar-refractivity contribution is -0.127. The summed E-state index contributed by atoms with van der Waals surface area (Å²) in [7, 11) is 0. The van der Waals surface area contributed by atoms with Crippen molar-refractivity contribution in [2.24, 2.45) is 5.41 Å². The third-order valence-corrected chi connectivity index (χ3v) is 5.81. The van der Waals surface area contributed by atoms with Crippen molar-refractivity contribution in [1.29, 1.82) is 0 Å². The molecule has 0 N–H and O–H groups in total. The van der Waals surface area contributed by atoms with Gasteiger partial charge >= 0.3 is 0 Å². The highest BCUT2D eigenvalue weighted by Crippen LogP contribution is 2.27. The first-order valence-electron chi connectivity index (χ1n) is 8.75. The van der Waals surface area contributed by atoms with Gasteiger partial charge in [0.15, 0.2) is 5.78 Å². The minimum atomic E-state index is -0.502. The number of nitrogens with zero attached hydrogens (tertiary/aromatic N) is 2. The highest BCUT2D eigenvalue weighted by molar-refractivity contribution is 7.18. The third-order valence-electron chi connectivity index (χ3n) is 4.71. The van der Waals surface area contributed by atoms with Crippen LogP contribution in [-0.2, 0) is 17.8 Å². The van der Waals surface area contributed by atoms with Crippen LogP contribution in [0, 0.1) is 19.3 Å². The Bertz CT molecular complexity index is 1020. The van der Waals surface area contributed by atoms with Crippen LogP contribution in [0.2, 0.25) is 0 Å². The van der Waals surface area contributed by atoms with Gasteiger partial charge in [0.1, 0.15) is 10.7 Å². The van der Waals surface area contributed by atoms with Crippen molar-refractivity contribution in [2.45, 2.75) is 47.6 Å². The lowest BCUT2D eigenvalue weighted by Gasteiger charge is -2.19. The Kier molecular flexibility index (Phi) is 4.84. The molecule has 4 nitrogen and oxygen atoms in total. The summed E-state index contributed by atoms with van der Waals surface area (Å²) in [5.74, 6) is 0.673. The van der Waals surface area contributed by atoms with E-state index >= 15 is 0 Å². The van der Waals surface area contributed by atoms with Crippen molar-refractivity contribution in [3.8, 4) is 0 Å². The number of fused-ring (bicyclic) bond motifs is 1. The van der Waals surface area contributed by atoms with Crippen LogP contribution in [0.15, 0.2) is 35.1 Å². The highest BCUT2D eigenvalue weighted by atomic mass is 32.1. The molecule has 2 heterocycles. The number of carbonyl (C=O) groups is 1. The topological polar surface area (TPSA) is 52.0 Å². The first-order chi connectivity index (χ1) is 12.2. The Morgan fingerprint density at radius 3 is 2.42 bits per heavy atom. The second-order valence-corrected chi connectivity index (χ2v) is 8.92. The molecule has 26 heavy (non-hydrogen) atoms. The fraction of sp³-hybridized carbons (Fsp3) is 0.381. The van der Waals surface area contributed by atoms with E-state index in [2.05, 4.69) is 0 Å². The van der Waals surface area contributed by atoms with Crippen LogP contribution in [0.5, 0.6) is 0 Å². The van der Waals surface area contributed by atoms with Gasteiger partial charge in [-0.25, -0.2) is 4.98 Å². The molecule has 0 saturated carbocycles. The Hall–Kier alpha value is -2.27. The molecule has 0 bridgehead atoms. The third kappa shape index (κ3) is 3.49. The van der Waals surface area contributed by atoms with Crippen molar-refractivity contribution in [3.63, 3.8) is 0 Å². The summed E-state index contributed by atoms with van der Waals surface area (Å²) in [6, 6.07) is 9.92. The average molecular weight is 369 g/mol. The number of thiophene rings is 1. The van der Waals surface area contributed by atoms with E-state index in [-0.39, 0.29) is 17.9 Å². The number of rotatable bonds is 4. The maximum absolute atomic E-state index is 13.2. The molecule has 0 amide bonds. The van der Waals surface area contributed by atoms with E-state index in [0.29, 0.717) is 17.6 Å². The second kappa shape index (κ2) is 6.80. The summed E-state index contributed by atoms with van der Waals surface area (Å²) in [5.41, 5.74) is 1.42. The molecular formula is C21H24N2O2S. The van der Waals surface area contributed by atoms with Gasteiger partial charge in [0.25, 0.3) is 5.56 Å². The molecule has 1 aromatic carbocycles. The molecule has 136 valence electrons. The summed E-state index contributed by atoms with van der Waals surface area (Å²) in [6.45, 7) is 9.64. The Balaban J connectivity index is 2.19. The maximum atomic E-state index is 13.2. The molecular weight excluding hydrogens is 344 g/mol. The first kappa shape index (κ1) is 18.5. The number of carbonyl (C=O) groups excluding carboxylic acids is 1. The molecule has 5 heteroatoms. The van der Waals surface area contributed by atoms with Gasteiger partial charge in [-0.15, -0.1) is 11.3 Å². The van der Waals surface area contributed by atoms with Gasteiger partial charge in [-0.2, -0.15) is 0 Å². The van der Waals surface area contributed by atoms with Crippen molar-refractivity contribution in [1.82, 2.24) is 9.55 Å². The molecule has 0 fully saturated rings. The quantitative estimate of drug-likeness (QED) is 0.691. The molecule has 0 radical (unpaired) electrons. The number of aryl methyl sites for hydroxylation is 2. The Morgan fingerprint density at radius 1 is 1.15 bits per heavy atom. The Labute approximate surface area is 157 Å². The van der Waals surface area contributed by atoms with Crippen molar-refractivity contribution in [2.75, 3.05) is 0 Å². The molecule has 0 spiro atoms. The van der Waals surface area contributed by atoms with E-state index in [4.69, 9.17) is 4.98 Å². The normalized spacial score (nSPS) is 11.9. The molecule has 0 aliphatic carbocycles. The molecule has 0 unspecified atom stereocenters. The van der Waals surface area contributed by atoms with Crippen LogP contribution in [-0.4, -0.2) is 15.3 Å². The van der Waals surface area contributed by atoms with E-state index in [1.165, 1.54) is 0 Å². The zero-order chi connectivity index (χ0) is 19.1. The van der Waals surface area contributed by atoms with Crippen LogP contribution in [0.4, 0.5) is 0 Å². The van der Waals surface area contributed by atoms with Gasteiger partial charge < -0.3 is 0 Å². The molecule has 0 aliphatic heterocycles.